The van der Waals surface area contributed by atoms with Crippen LogP contribution in [0.3, 0.4) is 0 Å². The van der Waals surface area contributed by atoms with Gasteiger partial charge >= 0.3 is 0 Å². The average Bonchev–Trinajstić information content (AvgIpc) is 2.97. The Kier molecular flexibility index (Phi) is 4.99. The van der Waals surface area contributed by atoms with Crippen LogP contribution in [0.15, 0.2) is 0 Å². The fourth-order valence-corrected chi connectivity index (χ4v) is 2.40. The van der Waals surface area contributed by atoms with Crippen molar-refractivity contribution in [2.75, 3.05) is 18.0 Å². The highest BCUT2D eigenvalue weighted by atomic mass is 15.4. The van der Waals surface area contributed by atoms with Crippen LogP contribution in [0.5, 0.6) is 0 Å². The summed E-state index contributed by atoms with van der Waals surface area (Å²) in [7, 11) is 0. The number of unbranched alkanes of at least 4 members (excludes halogenated alkanes) is 4. The lowest BCUT2D eigenvalue weighted by Crippen LogP contribution is -2.26. The number of hydrogen-bond donors (Lipinski definition) is 2. The summed E-state index contributed by atoms with van der Waals surface area (Å²) < 4.78 is 0. The average molecular weight is 251 g/mol. The number of aromatic nitrogens is 3. The quantitative estimate of drug-likeness (QED) is 0.726. The molecule has 5 nitrogen and oxygen atoms in total. The second kappa shape index (κ2) is 6.73. The maximum absolute atomic E-state index is 5.89. The van der Waals surface area contributed by atoms with Gasteiger partial charge in [0.25, 0.3) is 0 Å². The molecule has 3 N–H and O–H groups in total. The largest absolute Gasteiger partial charge is 0.338 e. The van der Waals surface area contributed by atoms with Crippen LogP contribution in [-0.4, -0.2) is 34.3 Å². The number of aromatic amines is 1. The molecule has 2 rings (SSSR count). The molecule has 1 saturated heterocycles. The minimum atomic E-state index is 0.279. The molecule has 0 spiro atoms. The Morgan fingerprint density at radius 3 is 2.89 bits per heavy atom. The number of nitrogens with one attached hydrogen (secondary N) is 1. The van der Waals surface area contributed by atoms with Crippen LogP contribution >= 0.6 is 0 Å². The molecule has 0 aromatic carbocycles. The van der Waals surface area contributed by atoms with Gasteiger partial charge in [-0.2, -0.15) is 4.98 Å². The van der Waals surface area contributed by atoms with Gasteiger partial charge in [0, 0.05) is 25.6 Å². The molecule has 5 heteroatoms. The molecule has 1 fully saturated rings. The minimum Gasteiger partial charge on any atom is -0.338 e. The third-order valence-electron chi connectivity index (χ3n) is 3.54. The number of nitrogens with zero attached hydrogens (tertiary/aromatic N) is 3. The van der Waals surface area contributed by atoms with E-state index in [1.807, 2.05) is 0 Å². The third-order valence-corrected chi connectivity index (χ3v) is 3.54. The van der Waals surface area contributed by atoms with Crippen LogP contribution in [0.25, 0.3) is 0 Å². The Bertz CT molecular complexity index is 349. The Labute approximate surface area is 109 Å². The number of H-pyrrole nitrogens is 1. The van der Waals surface area contributed by atoms with Crippen LogP contribution in [-0.2, 0) is 6.42 Å². The third kappa shape index (κ3) is 3.70. The minimum absolute atomic E-state index is 0.279. The van der Waals surface area contributed by atoms with Crippen molar-refractivity contribution in [3.8, 4) is 0 Å². The molecule has 102 valence electrons. The maximum atomic E-state index is 5.89. The van der Waals surface area contributed by atoms with Gasteiger partial charge in [-0.15, -0.1) is 5.10 Å². The molecule has 2 heterocycles. The first-order valence-electron chi connectivity index (χ1n) is 7.21. The first kappa shape index (κ1) is 13.3. The van der Waals surface area contributed by atoms with Crippen LogP contribution in [0, 0.1) is 0 Å². The van der Waals surface area contributed by atoms with E-state index in [0.717, 1.165) is 37.7 Å². The van der Waals surface area contributed by atoms with E-state index in [0.29, 0.717) is 0 Å². The second-order valence-electron chi connectivity index (χ2n) is 5.24. The molecule has 1 aliphatic heterocycles. The molecule has 1 atom stereocenters. The first-order valence-corrected chi connectivity index (χ1v) is 7.21. The van der Waals surface area contributed by atoms with Gasteiger partial charge in [-0.25, -0.2) is 0 Å². The highest BCUT2D eigenvalue weighted by Crippen LogP contribution is 2.15. The summed E-state index contributed by atoms with van der Waals surface area (Å²) in [4.78, 5) is 6.72. The molecule has 1 aromatic rings. The van der Waals surface area contributed by atoms with Crippen LogP contribution in [0.1, 0.15) is 51.3 Å². The molecule has 0 amide bonds. The van der Waals surface area contributed by atoms with Crippen molar-refractivity contribution in [2.45, 2.75) is 57.9 Å². The van der Waals surface area contributed by atoms with E-state index in [-0.39, 0.29) is 6.04 Å². The van der Waals surface area contributed by atoms with Crippen molar-refractivity contribution in [3.63, 3.8) is 0 Å². The summed E-state index contributed by atoms with van der Waals surface area (Å²) in [5.74, 6) is 1.84. The maximum Gasteiger partial charge on any atom is 0.244 e. The van der Waals surface area contributed by atoms with E-state index in [1.165, 1.54) is 32.1 Å². The van der Waals surface area contributed by atoms with Gasteiger partial charge in [-0.05, 0) is 12.8 Å². The second-order valence-corrected chi connectivity index (χ2v) is 5.24. The number of anilines is 1. The van der Waals surface area contributed by atoms with Crippen molar-refractivity contribution in [1.29, 1.82) is 0 Å². The van der Waals surface area contributed by atoms with E-state index in [2.05, 4.69) is 27.0 Å². The van der Waals surface area contributed by atoms with E-state index >= 15 is 0 Å². The van der Waals surface area contributed by atoms with Crippen molar-refractivity contribution in [2.24, 2.45) is 5.73 Å². The molecular formula is C13H25N5. The fourth-order valence-electron chi connectivity index (χ4n) is 2.40. The molecule has 18 heavy (non-hydrogen) atoms. The molecular weight excluding hydrogens is 226 g/mol. The SMILES string of the molecule is CCCCCCCc1nc(N2CCC(N)C2)n[nH]1. The lowest BCUT2D eigenvalue weighted by molar-refractivity contribution is 0.623. The zero-order valence-corrected chi connectivity index (χ0v) is 11.4. The predicted molar refractivity (Wildman–Crippen MR) is 73.7 cm³/mol. The van der Waals surface area contributed by atoms with Gasteiger partial charge < -0.3 is 10.6 Å². The summed E-state index contributed by atoms with van der Waals surface area (Å²) >= 11 is 0. The van der Waals surface area contributed by atoms with Gasteiger partial charge in [0.2, 0.25) is 5.95 Å². The number of aryl methyl sites for hydroxylation is 1. The van der Waals surface area contributed by atoms with E-state index in [9.17, 15) is 0 Å². The summed E-state index contributed by atoms with van der Waals surface area (Å²) in [5, 5.41) is 7.33. The zero-order valence-electron chi connectivity index (χ0n) is 11.4. The zero-order chi connectivity index (χ0) is 12.8. The molecule has 0 saturated carbocycles. The summed E-state index contributed by atoms with van der Waals surface area (Å²) in [6.07, 6.45) is 8.51. The smallest absolute Gasteiger partial charge is 0.244 e. The lowest BCUT2D eigenvalue weighted by Gasteiger charge is -2.11. The molecule has 0 radical (unpaired) electrons. The van der Waals surface area contributed by atoms with E-state index < -0.39 is 0 Å². The number of nitrogens with two attached hydrogens (primary N) is 1. The molecule has 1 unspecified atom stereocenters. The highest BCUT2D eigenvalue weighted by molar-refractivity contribution is 5.31. The Morgan fingerprint density at radius 2 is 2.17 bits per heavy atom. The Hall–Kier alpha value is -1.10. The molecule has 1 aromatic heterocycles. The summed E-state index contributed by atoms with van der Waals surface area (Å²) in [6.45, 7) is 4.10. The fraction of sp³-hybridized carbons (Fsp3) is 0.846. The van der Waals surface area contributed by atoms with Crippen molar-refractivity contribution >= 4 is 5.95 Å². The van der Waals surface area contributed by atoms with Crippen molar-refractivity contribution in [1.82, 2.24) is 15.2 Å². The van der Waals surface area contributed by atoms with Crippen molar-refractivity contribution in [3.05, 3.63) is 5.82 Å². The highest BCUT2D eigenvalue weighted by Gasteiger charge is 2.22. The molecule has 1 aliphatic rings. The van der Waals surface area contributed by atoms with Gasteiger partial charge in [0.1, 0.15) is 5.82 Å². The standard InChI is InChI=1S/C13H25N5/c1-2-3-4-5-6-7-12-15-13(17-16-12)18-9-8-11(14)10-18/h11H,2-10,14H2,1H3,(H,15,16,17). The molecule has 0 aliphatic carbocycles. The van der Waals surface area contributed by atoms with Gasteiger partial charge in [0.15, 0.2) is 0 Å². The van der Waals surface area contributed by atoms with Crippen LogP contribution < -0.4 is 10.6 Å². The van der Waals surface area contributed by atoms with Crippen LogP contribution in [0.4, 0.5) is 5.95 Å². The van der Waals surface area contributed by atoms with Crippen LogP contribution in [0.2, 0.25) is 0 Å². The molecule has 0 bridgehead atoms. The normalized spacial score (nSPS) is 19.7. The first-order chi connectivity index (χ1) is 8.79. The number of rotatable bonds is 7. The van der Waals surface area contributed by atoms with E-state index in [1.54, 1.807) is 0 Å². The van der Waals surface area contributed by atoms with Gasteiger partial charge in [-0.3, -0.25) is 5.10 Å². The summed E-state index contributed by atoms with van der Waals surface area (Å²) in [6, 6.07) is 0.279. The van der Waals surface area contributed by atoms with Gasteiger partial charge in [0.05, 0.1) is 0 Å². The number of hydrogen-bond acceptors (Lipinski definition) is 4. The Balaban J connectivity index is 1.72. The summed E-state index contributed by atoms with van der Waals surface area (Å²) in [5.41, 5.74) is 5.89. The predicted octanol–water partition coefficient (Wildman–Crippen LogP) is 1.85. The van der Waals surface area contributed by atoms with Crippen molar-refractivity contribution < 1.29 is 0 Å². The lowest BCUT2D eigenvalue weighted by atomic mass is 10.1. The Morgan fingerprint density at radius 1 is 1.33 bits per heavy atom. The monoisotopic (exact) mass is 251 g/mol. The van der Waals surface area contributed by atoms with Gasteiger partial charge in [-0.1, -0.05) is 32.6 Å². The van der Waals surface area contributed by atoms with E-state index in [4.69, 9.17) is 5.73 Å². The topological polar surface area (TPSA) is 70.8 Å².